The first-order valence-electron chi connectivity index (χ1n) is 10.1. The first kappa shape index (κ1) is 25.9. The predicted octanol–water partition coefficient (Wildman–Crippen LogP) is 2.64. The van der Waals surface area contributed by atoms with Crippen molar-refractivity contribution in [3.63, 3.8) is 0 Å². The molecule has 0 saturated heterocycles. The van der Waals surface area contributed by atoms with E-state index >= 15 is 0 Å². The monoisotopic (exact) mass is 436 g/mol. The van der Waals surface area contributed by atoms with Crippen molar-refractivity contribution in [1.82, 2.24) is 10.6 Å². The Bertz CT molecular complexity index is 772. The molecule has 9 nitrogen and oxygen atoms in total. The molecule has 0 spiro atoms. The number of nitrogens with one attached hydrogen (secondary N) is 2. The Hall–Kier alpha value is -3.10. The molecular formula is C22H32N2O7. The Kier molecular flexibility index (Phi) is 9.48. The van der Waals surface area contributed by atoms with Crippen molar-refractivity contribution in [1.29, 1.82) is 0 Å². The fourth-order valence-electron chi connectivity index (χ4n) is 2.97. The molecule has 3 atom stereocenters. The molecule has 1 aromatic rings. The molecule has 1 unspecified atom stereocenters. The summed E-state index contributed by atoms with van der Waals surface area (Å²) in [6, 6.07) is 6.52. The van der Waals surface area contributed by atoms with Crippen LogP contribution in [0, 0.1) is 17.3 Å². The van der Waals surface area contributed by atoms with Gasteiger partial charge in [0.25, 0.3) is 0 Å². The molecule has 0 bridgehead atoms. The van der Waals surface area contributed by atoms with Gasteiger partial charge >= 0.3 is 18.0 Å². The average molecular weight is 437 g/mol. The lowest BCUT2D eigenvalue weighted by Crippen LogP contribution is -2.54. The molecule has 2 amide bonds. The zero-order valence-corrected chi connectivity index (χ0v) is 18.5. The van der Waals surface area contributed by atoms with Crippen LogP contribution in [0.1, 0.15) is 46.6 Å². The molecule has 9 heteroatoms. The van der Waals surface area contributed by atoms with Gasteiger partial charge in [0.1, 0.15) is 18.7 Å². The SMILES string of the molecule is CC(C)[C@H](NC(=O)OCc1ccccc1)C(=O)N[C@@H](CC(C(=O)O)C(C)(C)C)C(=O)O. The highest BCUT2D eigenvalue weighted by Gasteiger charge is 2.37. The number of carboxylic acids is 2. The van der Waals surface area contributed by atoms with Gasteiger partial charge in [-0.1, -0.05) is 65.0 Å². The normalized spacial score (nSPS) is 14.3. The van der Waals surface area contributed by atoms with Crippen LogP contribution in [0.2, 0.25) is 0 Å². The number of benzene rings is 1. The minimum Gasteiger partial charge on any atom is -0.481 e. The third-order valence-corrected chi connectivity index (χ3v) is 4.86. The second-order valence-electron chi connectivity index (χ2n) is 8.82. The Morgan fingerprint density at radius 3 is 2.00 bits per heavy atom. The number of alkyl carbamates (subject to hydrolysis) is 1. The van der Waals surface area contributed by atoms with Crippen molar-refractivity contribution < 1.29 is 34.1 Å². The molecule has 0 saturated carbocycles. The van der Waals surface area contributed by atoms with Crippen molar-refractivity contribution in [3.05, 3.63) is 35.9 Å². The molecule has 0 aliphatic heterocycles. The van der Waals surface area contributed by atoms with Crippen LogP contribution in [-0.2, 0) is 25.7 Å². The van der Waals surface area contributed by atoms with E-state index in [9.17, 15) is 29.4 Å². The van der Waals surface area contributed by atoms with Gasteiger partial charge < -0.3 is 25.6 Å². The highest BCUT2D eigenvalue weighted by Crippen LogP contribution is 2.30. The van der Waals surface area contributed by atoms with Gasteiger partial charge in [-0.05, 0) is 23.3 Å². The number of hydrogen-bond donors (Lipinski definition) is 4. The van der Waals surface area contributed by atoms with E-state index in [4.69, 9.17) is 4.74 Å². The van der Waals surface area contributed by atoms with Gasteiger partial charge in [0.05, 0.1) is 5.92 Å². The second-order valence-corrected chi connectivity index (χ2v) is 8.82. The minimum absolute atomic E-state index is 0.0166. The molecule has 1 rings (SSSR count). The molecule has 1 aromatic carbocycles. The van der Waals surface area contributed by atoms with E-state index in [1.54, 1.807) is 58.9 Å². The summed E-state index contributed by atoms with van der Waals surface area (Å²) in [6.45, 7) is 8.46. The number of carbonyl (C=O) groups excluding carboxylic acids is 2. The smallest absolute Gasteiger partial charge is 0.408 e. The van der Waals surface area contributed by atoms with Crippen LogP contribution in [0.15, 0.2) is 30.3 Å². The van der Waals surface area contributed by atoms with E-state index in [-0.39, 0.29) is 18.9 Å². The van der Waals surface area contributed by atoms with Crippen LogP contribution < -0.4 is 10.6 Å². The van der Waals surface area contributed by atoms with E-state index in [0.29, 0.717) is 0 Å². The maximum atomic E-state index is 12.7. The van der Waals surface area contributed by atoms with Crippen molar-refractivity contribution in [2.24, 2.45) is 17.3 Å². The summed E-state index contributed by atoms with van der Waals surface area (Å²) < 4.78 is 5.13. The summed E-state index contributed by atoms with van der Waals surface area (Å²) in [6.07, 6.45) is -1.11. The van der Waals surface area contributed by atoms with E-state index in [2.05, 4.69) is 10.6 Å². The minimum atomic E-state index is -1.42. The summed E-state index contributed by atoms with van der Waals surface area (Å²) in [5.41, 5.74) is 0.0670. The number of hydrogen-bond acceptors (Lipinski definition) is 5. The van der Waals surface area contributed by atoms with Crippen LogP contribution in [0.5, 0.6) is 0 Å². The summed E-state index contributed by atoms with van der Waals surface area (Å²) in [5, 5.41) is 23.8. The van der Waals surface area contributed by atoms with Crippen LogP contribution >= 0.6 is 0 Å². The van der Waals surface area contributed by atoms with Gasteiger partial charge in [-0.25, -0.2) is 9.59 Å². The molecule has 172 valence electrons. The molecule has 31 heavy (non-hydrogen) atoms. The van der Waals surface area contributed by atoms with E-state index in [0.717, 1.165) is 5.56 Å². The maximum absolute atomic E-state index is 12.7. The third-order valence-electron chi connectivity index (χ3n) is 4.86. The Balaban J connectivity index is 2.81. The Morgan fingerprint density at radius 2 is 1.55 bits per heavy atom. The maximum Gasteiger partial charge on any atom is 0.408 e. The number of amides is 2. The van der Waals surface area contributed by atoms with Crippen LogP contribution in [0.25, 0.3) is 0 Å². The summed E-state index contributed by atoms with van der Waals surface area (Å²) >= 11 is 0. The van der Waals surface area contributed by atoms with Gasteiger partial charge in [0, 0.05) is 0 Å². The summed E-state index contributed by atoms with van der Waals surface area (Å²) in [4.78, 5) is 48.1. The van der Waals surface area contributed by atoms with Crippen molar-refractivity contribution in [3.8, 4) is 0 Å². The number of carboxylic acid groups (broad SMARTS) is 2. The van der Waals surface area contributed by atoms with Gasteiger partial charge in [-0.15, -0.1) is 0 Å². The van der Waals surface area contributed by atoms with Crippen LogP contribution in [-0.4, -0.2) is 46.2 Å². The number of aliphatic carboxylic acids is 2. The van der Waals surface area contributed by atoms with Crippen molar-refractivity contribution >= 4 is 23.9 Å². The molecular weight excluding hydrogens is 404 g/mol. The summed E-state index contributed by atoms with van der Waals surface area (Å²) in [7, 11) is 0. The highest BCUT2D eigenvalue weighted by molar-refractivity contribution is 5.89. The van der Waals surface area contributed by atoms with Crippen molar-refractivity contribution in [2.75, 3.05) is 0 Å². The quantitative estimate of drug-likeness (QED) is 0.442. The largest absolute Gasteiger partial charge is 0.481 e. The number of ether oxygens (including phenoxy) is 1. The predicted molar refractivity (Wildman–Crippen MR) is 113 cm³/mol. The van der Waals surface area contributed by atoms with E-state index in [1.807, 2.05) is 6.07 Å². The average Bonchev–Trinajstić information content (AvgIpc) is 2.66. The number of carbonyl (C=O) groups is 4. The molecule has 4 N–H and O–H groups in total. The fourth-order valence-corrected chi connectivity index (χ4v) is 2.97. The Morgan fingerprint density at radius 1 is 0.968 bits per heavy atom. The lowest BCUT2D eigenvalue weighted by atomic mass is 9.77. The van der Waals surface area contributed by atoms with Crippen LogP contribution in [0.4, 0.5) is 4.79 Å². The van der Waals surface area contributed by atoms with Crippen molar-refractivity contribution in [2.45, 2.75) is 59.7 Å². The molecule has 0 fully saturated rings. The topological polar surface area (TPSA) is 142 Å². The lowest BCUT2D eigenvalue weighted by Gasteiger charge is -2.30. The van der Waals surface area contributed by atoms with Gasteiger partial charge in [0.2, 0.25) is 5.91 Å². The molecule has 0 aliphatic carbocycles. The molecule has 0 aromatic heterocycles. The Labute approximate surface area is 182 Å². The molecule has 0 heterocycles. The second kappa shape index (κ2) is 11.3. The van der Waals surface area contributed by atoms with Gasteiger partial charge in [-0.3, -0.25) is 9.59 Å². The lowest BCUT2D eigenvalue weighted by molar-refractivity contribution is -0.149. The van der Waals surface area contributed by atoms with Crippen LogP contribution in [0.3, 0.4) is 0 Å². The first-order valence-corrected chi connectivity index (χ1v) is 10.1. The number of rotatable bonds is 10. The van der Waals surface area contributed by atoms with E-state index in [1.165, 1.54) is 0 Å². The zero-order chi connectivity index (χ0) is 23.8. The summed E-state index contributed by atoms with van der Waals surface area (Å²) in [5.74, 6) is -4.57. The van der Waals surface area contributed by atoms with E-state index < -0.39 is 47.4 Å². The highest BCUT2D eigenvalue weighted by atomic mass is 16.5. The zero-order valence-electron chi connectivity index (χ0n) is 18.5. The molecule has 0 aliphatic rings. The van der Waals surface area contributed by atoms with Gasteiger partial charge in [0.15, 0.2) is 0 Å². The first-order chi connectivity index (χ1) is 14.3. The standard InChI is InChI=1S/C22H32N2O7/c1-13(2)17(24-21(30)31-12-14-9-7-6-8-10-14)18(25)23-16(20(28)29)11-15(19(26)27)22(3,4)5/h6-10,13,15-17H,11-12H2,1-5H3,(H,23,25)(H,24,30)(H,26,27)(H,28,29)/t15?,16-,17-/m0/s1. The fraction of sp³-hybridized carbons (Fsp3) is 0.545. The third kappa shape index (κ3) is 8.65. The molecule has 0 radical (unpaired) electrons. The van der Waals surface area contributed by atoms with Gasteiger partial charge in [-0.2, -0.15) is 0 Å².